The average molecular weight is 404 g/mol. The molecule has 152 valence electrons. The van der Waals surface area contributed by atoms with E-state index in [1.807, 2.05) is 0 Å². The number of nitrogens with one attached hydrogen (secondary N) is 1. The first kappa shape index (κ1) is 20.1. The first-order valence-electron chi connectivity index (χ1n) is 8.42. The van der Waals surface area contributed by atoms with E-state index >= 15 is 0 Å². The van der Waals surface area contributed by atoms with E-state index in [4.69, 9.17) is 17.3 Å². The Morgan fingerprint density at radius 3 is 2.59 bits per heavy atom. The minimum absolute atomic E-state index is 0.0928. The number of hydrogen-bond donors (Lipinski definition) is 4. The highest BCUT2D eigenvalue weighted by molar-refractivity contribution is 5.93. The van der Waals surface area contributed by atoms with Gasteiger partial charge in [0.15, 0.2) is 0 Å². The van der Waals surface area contributed by atoms with Crippen molar-refractivity contribution in [1.82, 2.24) is 20.0 Å². The lowest BCUT2D eigenvalue weighted by molar-refractivity contribution is -0.127. The molecule has 0 aliphatic rings. The van der Waals surface area contributed by atoms with E-state index < -0.39 is 12.6 Å². The Morgan fingerprint density at radius 1 is 1.21 bits per heavy atom. The van der Waals surface area contributed by atoms with Crippen LogP contribution in [0.5, 0.6) is 0 Å². The van der Waals surface area contributed by atoms with Crippen LogP contribution in [0.4, 0.5) is 30.6 Å². The third kappa shape index (κ3) is 4.82. The van der Waals surface area contributed by atoms with Crippen molar-refractivity contribution in [2.75, 3.05) is 18.1 Å². The molecule has 8 nitrogen and oxygen atoms in total. The van der Waals surface area contributed by atoms with Crippen LogP contribution in [0.25, 0.3) is 16.5 Å². The van der Waals surface area contributed by atoms with Gasteiger partial charge in [-0.1, -0.05) is 0 Å². The second-order valence-electron chi connectivity index (χ2n) is 6.31. The smallest absolute Gasteiger partial charge is 0.393 e. The number of aromatic nitrogens is 3. The first-order valence-corrected chi connectivity index (χ1v) is 8.42. The number of halogens is 3. The van der Waals surface area contributed by atoms with Gasteiger partial charge in [-0.2, -0.15) is 13.2 Å². The van der Waals surface area contributed by atoms with E-state index in [0.717, 1.165) is 0 Å². The molecule has 0 bridgehead atoms. The van der Waals surface area contributed by atoms with Gasteiger partial charge in [0, 0.05) is 31.0 Å². The Hall–Kier alpha value is -3.60. The van der Waals surface area contributed by atoms with Gasteiger partial charge in [-0.05, 0) is 35.2 Å². The van der Waals surface area contributed by atoms with Gasteiger partial charge in [-0.25, -0.2) is 20.8 Å². The van der Waals surface area contributed by atoms with Crippen LogP contribution < -0.4 is 22.6 Å². The van der Waals surface area contributed by atoms with E-state index in [1.54, 1.807) is 19.2 Å². The molecule has 11 heteroatoms. The third-order valence-electron chi connectivity index (χ3n) is 4.03. The predicted molar refractivity (Wildman–Crippen MR) is 105 cm³/mol. The number of nitrogens with two attached hydrogens (primary N) is 3. The van der Waals surface area contributed by atoms with Crippen LogP contribution in [0.1, 0.15) is 11.3 Å². The van der Waals surface area contributed by atoms with Crippen molar-refractivity contribution >= 4 is 33.9 Å². The lowest BCUT2D eigenvalue weighted by Gasteiger charge is -2.16. The van der Waals surface area contributed by atoms with Crippen LogP contribution in [-0.2, 0) is 6.42 Å². The lowest BCUT2D eigenvalue weighted by atomic mass is 10.1. The van der Waals surface area contributed by atoms with Crippen LogP contribution in [0, 0.1) is 0 Å². The van der Waals surface area contributed by atoms with Crippen LogP contribution >= 0.6 is 0 Å². The maximum atomic E-state index is 12.6. The Bertz CT molecular complexity index is 1060. The van der Waals surface area contributed by atoms with Gasteiger partial charge in [-0.3, -0.25) is 0 Å². The maximum absolute atomic E-state index is 12.6. The molecule has 0 radical (unpaired) electrons. The van der Waals surface area contributed by atoms with E-state index in [2.05, 4.69) is 20.3 Å². The predicted octanol–water partition coefficient (Wildman–Crippen LogP) is 2.52. The van der Waals surface area contributed by atoms with Crippen LogP contribution in [0.15, 0.2) is 42.9 Å². The fraction of sp³-hybridized carbons (Fsp3) is 0.167. The molecule has 0 aliphatic heterocycles. The molecule has 3 rings (SSSR count). The first-order chi connectivity index (χ1) is 13.7. The number of alkyl halides is 3. The van der Waals surface area contributed by atoms with Crippen molar-refractivity contribution in [3.8, 4) is 0 Å². The summed E-state index contributed by atoms with van der Waals surface area (Å²) in [4.78, 5) is 12.6. The summed E-state index contributed by atoms with van der Waals surface area (Å²) >= 11 is 0. The second-order valence-corrected chi connectivity index (χ2v) is 6.31. The van der Waals surface area contributed by atoms with Crippen LogP contribution in [0.2, 0.25) is 0 Å². The van der Waals surface area contributed by atoms with Gasteiger partial charge < -0.3 is 21.8 Å². The number of fused-ring (bicyclic) bond motifs is 1. The molecule has 3 aromatic heterocycles. The van der Waals surface area contributed by atoms with Crippen molar-refractivity contribution in [2.24, 2.45) is 11.6 Å². The molecule has 0 unspecified atom stereocenters. The summed E-state index contributed by atoms with van der Waals surface area (Å²) < 4.78 is 37.8. The number of rotatable bonds is 5. The Morgan fingerprint density at radius 2 is 1.93 bits per heavy atom. The number of nitrogen functional groups attached to an aromatic ring is 1. The molecular formula is C18H19F3N8. The Labute approximate surface area is 164 Å². The highest BCUT2D eigenvalue weighted by atomic mass is 19.4. The fourth-order valence-corrected chi connectivity index (χ4v) is 2.77. The molecule has 0 aliphatic carbocycles. The molecule has 0 spiro atoms. The molecule has 3 aromatic rings. The Balaban J connectivity index is 1.94. The summed E-state index contributed by atoms with van der Waals surface area (Å²) in [6, 6.07) is 6.05. The molecule has 0 fully saturated rings. The van der Waals surface area contributed by atoms with Gasteiger partial charge >= 0.3 is 6.18 Å². The van der Waals surface area contributed by atoms with Crippen molar-refractivity contribution in [3.63, 3.8) is 0 Å². The normalized spacial score (nSPS) is 12.2. The summed E-state index contributed by atoms with van der Waals surface area (Å²) in [7, 11) is 1.61. The molecular weight excluding hydrogens is 385 g/mol. The monoisotopic (exact) mass is 404 g/mol. The van der Waals surface area contributed by atoms with Gasteiger partial charge in [0.05, 0.1) is 17.8 Å². The lowest BCUT2D eigenvalue weighted by Crippen LogP contribution is -2.25. The Kier molecular flexibility index (Phi) is 5.41. The highest BCUT2D eigenvalue weighted by Crippen LogP contribution is 2.27. The van der Waals surface area contributed by atoms with Crippen molar-refractivity contribution in [2.45, 2.75) is 12.6 Å². The average Bonchev–Trinajstić information content (AvgIpc) is 2.60. The number of hydrogen-bond acceptors (Lipinski definition) is 8. The van der Waals surface area contributed by atoms with E-state index in [9.17, 15) is 13.2 Å². The van der Waals surface area contributed by atoms with E-state index in [-0.39, 0.29) is 17.2 Å². The van der Waals surface area contributed by atoms with Gasteiger partial charge in [0.25, 0.3) is 0 Å². The van der Waals surface area contributed by atoms with E-state index in [0.29, 0.717) is 28.0 Å². The van der Waals surface area contributed by atoms with Crippen LogP contribution in [-0.4, -0.2) is 33.2 Å². The molecule has 7 N–H and O–H groups in total. The number of anilines is 3. The van der Waals surface area contributed by atoms with Crippen LogP contribution in [0.3, 0.4) is 0 Å². The largest absolute Gasteiger partial charge is 0.403 e. The molecule has 3 heterocycles. The molecule has 0 amide bonds. The zero-order valence-corrected chi connectivity index (χ0v) is 15.4. The summed E-state index contributed by atoms with van der Waals surface area (Å²) in [6.45, 7) is 0. The van der Waals surface area contributed by atoms with E-state index in [1.165, 1.54) is 35.7 Å². The zero-order valence-electron chi connectivity index (χ0n) is 15.4. The topological polar surface area (TPSA) is 132 Å². The number of pyridine rings is 3. The van der Waals surface area contributed by atoms with Crippen molar-refractivity contribution < 1.29 is 13.2 Å². The maximum Gasteiger partial charge on any atom is 0.393 e. The van der Waals surface area contributed by atoms with Gasteiger partial charge in [0.1, 0.15) is 17.5 Å². The molecule has 0 saturated heterocycles. The third-order valence-corrected chi connectivity index (χ3v) is 4.03. The molecule has 29 heavy (non-hydrogen) atoms. The molecule has 0 saturated carbocycles. The minimum atomic E-state index is -4.30. The summed E-state index contributed by atoms with van der Waals surface area (Å²) in [5.74, 6) is 6.61. The standard InChI is InChI=1S/C18H19F3N8/c1-29(24)14(8-22)13-5-11-6-16(26-9-12(11)17(23)27-13)28-15-4-10(2-3-25-15)7-18(19,20)21/h2-6,8-9H,7,22,24H2,1H3,(H2,23,27)(H,25,26,28)/b14-8-. The minimum Gasteiger partial charge on any atom is -0.403 e. The van der Waals surface area contributed by atoms with Gasteiger partial charge in [-0.15, -0.1) is 0 Å². The SMILES string of the molecule is CN(N)/C(=C\N)c1cc2cc(Nc3cc(CC(F)(F)F)ccn3)ncc2c(N)n1. The summed E-state index contributed by atoms with van der Waals surface area (Å²) in [6.07, 6.45) is -1.21. The van der Waals surface area contributed by atoms with Crippen molar-refractivity contribution in [3.05, 3.63) is 54.1 Å². The fourth-order valence-electron chi connectivity index (χ4n) is 2.77. The molecule has 0 atom stereocenters. The second kappa shape index (κ2) is 7.80. The van der Waals surface area contributed by atoms with Crippen molar-refractivity contribution in [1.29, 1.82) is 0 Å². The molecule has 0 aromatic carbocycles. The number of hydrazine groups is 1. The summed E-state index contributed by atoms with van der Waals surface area (Å²) in [5, 5.41) is 5.51. The summed E-state index contributed by atoms with van der Waals surface area (Å²) in [5.41, 5.74) is 12.6. The highest BCUT2D eigenvalue weighted by Gasteiger charge is 2.27. The zero-order chi connectivity index (χ0) is 21.2. The quantitative estimate of drug-likeness (QED) is 0.377. The number of nitrogens with zero attached hydrogens (tertiary/aromatic N) is 4. The van der Waals surface area contributed by atoms with Gasteiger partial charge in [0.2, 0.25) is 0 Å².